The molecule has 2 atom stereocenters. The average Bonchev–Trinajstić information content (AvgIpc) is 2.76. The predicted molar refractivity (Wildman–Crippen MR) is 52.1 cm³/mol. The summed E-state index contributed by atoms with van der Waals surface area (Å²) in [5, 5.41) is 2.82. The van der Waals surface area contributed by atoms with Gasteiger partial charge in [-0.25, -0.2) is 0 Å². The van der Waals surface area contributed by atoms with Crippen LogP contribution in [-0.4, -0.2) is 12.0 Å². The van der Waals surface area contributed by atoms with Crippen LogP contribution in [0.15, 0.2) is 18.2 Å². The zero-order valence-corrected chi connectivity index (χ0v) is 7.91. The maximum atomic E-state index is 11.1. The van der Waals surface area contributed by atoms with Crippen LogP contribution < -0.4 is 5.32 Å². The van der Waals surface area contributed by atoms with E-state index in [1.54, 1.807) is 0 Å². The summed E-state index contributed by atoms with van der Waals surface area (Å²) in [5.74, 6) is 0.0851. The van der Waals surface area contributed by atoms with E-state index in [1.165, 1.54) is 5.56 Å². The number of epoxide rings is 1. The molecular formula is C11H11NO2. The number of amides is 1. The third-order valence-corrected chi connectivity index (χ3v) is 2.79. The predicted octanol–water partition coefficient (Wildman–Crippen LogP) is 1.64. The largest absolute Gasteiger partial charge is 0.365 e. The smallest absolute Gasteiger partial charge is 0.228 e. The lowest BCUT2D eigenvalue weighted by molar-refractivity contribution is -0.115. The molecule has 0 radical (unpaired) electrons. The van der Waals surface area contributed by atoms with Crippen molar-refractivity contribution in [3.05, 3.63) is 29.3 Å². The van der Waals surface area contributed by atoms with Gasteiger partial charge in [0.05, 0.1) is 12.5 Å². The highest BCUT2D eigenvalue weighted by atomic mass is 16.6. The maximum Gasteiger partial charge on any atom is 0.228 e. The van der Waals surface area contributed by atoms with Crippen LogP contribution in [0.1, 0.15) is 24.2 Å². The Labute approximate surface area is 82.1 Å². The Morgan fingerprint density at radius 3 is 3.00 bits per heavy atom. The van der Waals surface area contributed by atoms with Crippen LogP contribution in [0, 0.1) is 0 Å². The van der Waals surface area contributed by atoms with Crippen LogP contribution in [0.4, 0.5) is 5.69 Å². The minimum atomic E-state index is 0.0851. The van der Waals surface area contributed by atoms with Crippen molar-refractivity contribution in [3.8, 4) is 0 Å². The van der Waals surface area contributed by atoms with Gasteiger partial charge in [0.15, 0.2) is 0 Å². The highest BCUT2D eigenvalue weighted by molar-refractivity contribution is 5.99. The summed E-state index contributed by atoms with van der Waals surface area (Å²) in [7, 11) is 0. The van der Waals surface area contributed by atoms with Crippen molar-refractivity contribution in [1.82, 2.24) is 0 Å². The van der Waals surface area contributed by atoms with Gasteiger partial charge in [-0.1, -0.05) is 12.1 Å². The average molecular weight is 189 g/mol. The van der Waals surface area contributed by atoms with E-state index in [0.29, 0.717) is 12.5 Å². The SMILES string of the molecule is CC1OC1c1ccc2c(c1)CC(=O)N2. The van der Waals surface area contributed by atoms with Crippen molar-refractivity contribution in [3.63, 3.8) is 0 Å². The fraction of sp³-hybridized carbons (Fsp3) is 0.364. The number of hydrogen-bond donors (Lipinski definition) is 1. The van der Waals surface area contributed by atoms with Crippen LogP contribution in [0.2, 0.25) is 0 Å². The summed E-state index contributed by atoms with van der Waals surface area (Å²) in [5.41, 5.74) is 3.23. The van der Waals surface area contributed by atoms with Crippen LogP contribution >= 0.6 is 0 Å². The van der Waals surface area contributed by atoms with Gasteiger partial charge in [-0.3, -0.25) is 4.79 Å². The van der Waals surface area contributed by atoms with Crippen molar-refractivity contribution >= 4 is 11.6 Å². The Balaban J connectivity index is 1.96. The molecule has 1 fully saturated rings. The van der Waals surface area contributed by atoms with E-state index in [4.69, 9.17) is 4.74 Å². The van der Waals surface area contributed by atoms with Crippen LogP contribution in [0.5, 0.6) is 0 Å². The molecule has 0 spiro atoms. The van der Waals surface area contributed by atoms with Crippen LogP contribution in [-0.2, 0) is 16.0 Å². The van der Waals surface area contributed by atoms with Gasteiger partial charge in [-0.15, -0.1) is 0 Å². The molecule has 1 N–H and O–H groups in total. The van der Waals surface area contributed by atoms with E-state index in [2.05, 4.69) is 18.3 Å². The number of nitrogens with one attached hydrogen (secondary N) is 1. The fourth-order valence-corrected chi connectivity index (χ4v) is 1.96. The van der Waals surface area contributed by atoms with Crippen molar-refractivity contribution in [2.75, 3.05) is 5.32 Å². The lowest BCUT2D eigenvalue weighted by atomic mass is 10.0. The minimum absolute atomic E-state index is 0.0851. The van der Waals surface area contributed by atoms with E-state index < -0.39 is 0 Å². The van der Waals surface area contributed by atoms with Gasteiger partial charge in [0, 0.05) is 5.69 Å². The van der Waals surface area contributed by atoms with Gasteiger partial charge in [-0.05, 0) is 24.1 Å². The Bertz CT molecular complexity index is 414. The van der Waals surface area contributed by atoms with Crippen LogP contribution in [0.25, 0.3) is 0 Å². The summed E-state index contributed by atoms with van der Waals surface area (Å²) in [4.78, 5) is 11.1. The van der Waals surface area contributed by atoms with Crippen molar-refractivity contribution in [1.29, 1.82) is 0 Å². The summed E-state index contributed by atoms with van der Waals surface area (Å²) >= 11 is 0. The van der Waals surface area contributed by atoms with Crippen LogP contribution in [0.3, 0.4) is 0 Å². The second kappa shape index (κ2) is 2.58. The number of carbonyl (C=O) groups excluding carboxylic acids is 1. The number of carbonyl (C=O) groups is 1. The van der Waals surface area contributed by atoms with Gasteiger partial charge in [0.1, 0.15) is 6.10 Å². The molecule has 0 saturated carbocycles. The van der Waals surface area contributed by atoms with E-state index in [0.717, 1.165) is 11.3 Å². The van der Waals surface area contributed by atoms with Crippen molar-refractivity contribution in [2.45, 2.75) is 25.6 Å². The quantitative estimate of drug-likeness (QED) is 0.682. The Morgan fingerprint density at radius 1 is 1.50 bits per heavy atom. The number of fused-ring (bicyclic) bond motifs is 1. The molecule has 1 amide bonds. The molecule has 3 rings (SSSR count). The Kier molecular flexibility index (Phi) is 1.47. The Hall–Kier alpha value is -1.35. The molecule has 1 aromatic carbocycles. The topological polar surface area (TPSA) is 41.6 Å². The molecule has 72 valence electrons. The molecule has 0 bridgehead atoms. The second-order valence-electron chi connectivity index (χ2n) is 3.90. The first kappa shape index (κ1) is 8.00. The molecule has 2 heterocycles. The van der Waals surface area contributed by atoms with E-state index >= 15 is 0 Å². The Morgan fingerprint density at radius 2 is 2.29 bits per heavy atom. The normalized spacial score (nSPS) is 28.5. The number of hydrogen-bond acceptors (Lipinski definition) is 2. The molecule has 1 saturated heterocycles. The molecule has 3 heteroatoms. The zero-order valence-electron chi connectivity index (χ0n) is 7.91. The van der Waals surface area contributed by atoms with Gasteiger partial charge >= 0.3 is 0 Å². The molecule has 2 aliphatic heterocycles. The summed E-state index contributed by atoms with van der Waals surface area (Å²) < 4.78 is 5.38. The molecule has 2 unspecified atom stereocenters. The van der Waals surface area contributed by atoms with E-state index in [-0.39, 0.29) is 12.0 Å². The summed E-state index contributed by atoms with van der Waals surface area (Å²) in [6, 6.07) is 6.06. The molecule has 1 aromatic rings. The number of benzene rings is 1. The lowest BCUT2D eigenvalue weighted by Gasteiger charge is -2.00. The summed E-state index contributed by atoms with van der Waals surface area (Å²) in [6.45, 7) is 2.06. The van der Waals surface area contributed by atoms with Gasteiger partial charge in [0.2, 0.25) is 5.91 Å². The second-order valence-corrected chi connectivity index (χ2v) is 3.90. The van der Waals surface area contributed by atoms with Crippen molar-refractivity contribution in [2.24, 2.45) is 0 Å². The zero-order chi connectivity index (χ0) is 9.71. The minimum Gasteiger partial charge on any atom is -0.365 e. The first-order valence-corrected chi connectivity index (χ1v) is 4.82. The van der Waals surface area contributed by atoms with Gasteiger partial charge in [-0.2, -0.15) is 0 Å². The number of ether oxygens (including phenoxy) is 1. The molecule has 2 aliphatic rings. The third kappa shape index (κ3) is 1.13. The molecule has 0 aliphatic carbocycles. The molecule has 0 aromatic heterocycles. The van der Waals surface area contributed by atoms with Gasteiger partial charge in [0.25, 0.3) is 0 Å². The highest BCUT2D eigenvalue weighted by Gasteiger charge is 2.36. The fourth-order valence-electron chi connectivity index (χ4n) is 1.96. The first-order valence-electron chi connectivity index (χ1n) is 4.82. The van der Waals surface area contributed by atoms with E-state index in [9.17, 15) is 4.79 Å². The standard InChI is InChI=1S/C11H11NO2/c1-6-11(14-6)7-2-3-9-8(4-7)5-10(13)12-9/h2-4,6,11H,5H2,1H3,(H,12,13). The molecular weight excluding hydrogens is 178 g/mol. The third-order valence-electron chi connectivity index (χ3n) is 2.79. The monoisotopic (exact) mass is 189 g/mol. The first-order chi connectivity index (χ1) is 6.74. The van der Waals surface area contributed by atoms with E-state index in [1.807, 2.05) is 12.1 Å². The van der Waals surface area contributed by atoms with Gasteiger partial charge < -0.3 is 10.1 Å². The lowest BCUT2D eigenvalue weighted by Crippen LogP contribution is -2.03. The number of anilines is 1. The highest BCUT2D eigenvalue weighted by Crippen LogP contribution is 2.39. The van der Waals surface area contributed by atoms with Crippen molar-refractivity contribution < 1.29 is 9.53 Å². The molecule has 3 nitrogen and oxygen atoms in total. The number of rotatable bonds is 1. The summed E-state index contributed by atoms with van der Waals surface area (Å²) in [6.07, 6.45) is 1.08. The molecule has 14 heavy (non-hydrogen) atoms. The maximum absolute atomic E-state index is 11.1.